The molecule has 3 aliphatic rings. The molecule has 3 heterocycles. The minimum atomic E-state index is -0.517. The highest BCUT2D eigenvalue weighted by atomic mass is 79.9. The van der Waals surface area contributed by atoms with E-state index in [4.69, 9.17) is 4.74 Å². The summed E-state index contributed by atoms with van der Waals surface area (Å²) >= 11 is 3.67. The molecular formula is C23H21BrN2O3. The largest absolute Gasteiger partial charge is 0.483 e. The smallest absolute Gasteiger partial charge is 0.295 e. The molecule has 0 radical (unpaired) electrons. The number of fused-ring (bicyclic) bond motifs is 1. The van der Waals surface area contributed by atoms with Gasteiger partial charge in [-0.1, -0.05) is 52.3 Å². The van der Waals surface area contributed by atoms with Gasteiger partial charge in [-0.2, -0.15) is 0 Å². The Balaban J connectivity index is 1.65. The van der Waals surface area contributed by atoms with Crippen molar-refractivity contribution in [3.05, 3.63) is 71.1 Å². The number of Topliss-reactive ketones (excluding diaryl/α,β-unsaturated/α-hetero) is 1. The zero-order valence-corrected chi connectivity index (χ0v) is 17.6. The molecule has 1 fully saturated rings. The molecule has 1 amide bonds. The maximum Gasteiger partial charge on any atom is 0.295 e. The van der Waals surface area contributed by atoms with Gasteiger partial charge in [-0.3, -0.25) is 14.5 Å². The number of carbonyl (C=O) groups excluding carboxylic acids is 2. The van der Waals surface area contributed by atoms with Crippen molar-refractivity contribution in [1.82, 2.24) is 4.98 Å². The number of hydrogen-bond donors (Lipinski definition) is 0. The zero-order valence-electron chi connectivity index (χ0n) is 16.0. The Labute approximate surface area is 177 Å². The van der Waals surface area contributed by atoms with Gasteiger partial charge in [0.15, 0.2) is 11.5 Å². The summed E-state index contributed by atoms with van der Waals surface area (Å²) in [4.78, 5) is 33.6. The summed E-state index contributed by atoms with van der Waals surface area (Å²) in [6.45, 7) is 1.89. The highest BCUT2D eigenvalue weighted by Gasteiger charge is 2.53. The maximum absolute atomic E-state index is 13.6. The van der Waals surface area contributed by atoms with Crippen molar-refractivity contribution in [2.45, 2.75) is 43.2 Å². The molecule has 4 atom stereocenters. The Bertz CT molecular complexity index is 1020. The van der Waals surface area contributed by atoms with Crippen LogP contribution in [0.15, 0.2) is 59.9 Å². The number of aromatic nitrogens is 1. The molecule has 29 heavy (non-hydrogen) atoms. The second-order valence-corrected chi connectivity index (χ2v) is 9.20. The standard InChI is InChI=1S/C23H21BrN2O3/c1-13-6-5-9-18(25-13)26-20(14-7-3-2-4-8-14)19-21(27)16-12-15(24)10-11-17(16)29-22(19)23(26)28/h2-9,15-17,20H,10-12H2,1H3. The van der Waals surface area contributed by atoms with E-state index in [0.29, 0.717) is 16.2 Å². The summed E-state index contributed by atoms with van der Waals surface area (Å²) in [5.74, 6) is 0.297. The van der Waals surface area contributed by atoms with Gasteiger partial charge in [0.05, 0.1) is 17.5 Å². The van der Waals surface area contributed by atoms with E-state index in [1.807, 2.05) is 55.5 Å². The molecule has 0 spiro atoms. The molecule has 1 aliphatic carbocycles. The fraction of sp³-hybridized carbons (Fsp3) is 0.348. The van der Waals surface area contributed by atoms with E-state index >= 15 is 0 Å². The van der Waals surface area contributed by atoms with Crippen molar-refractivity contribution in [1.29, 1.82) is 0 Å². The zero-order chi connectivity index (χ0) is 20.1. The Hall–Kier alpha value is -2.47. The number of nitrogens with zero attached hydrogens (tertiary/aromatic N) is 2. The molecule has 0 N–H and O–H groups in total. The maximum atomic E-state index is 13.6. The van der Waals surface area contributed by atoms with Crippen LogP contribution in [0, 0.1) is 12.8 Å². The molecule has 2 aromatic rings. The van der Waals surface area contributed by atoms with E-state index in [1.165, 1.54) is 0 Å². The van der Waals surface area contributed by atoms with Gasteiger partial charge in [-0.05, 0) is 43.9 Å². The average molecular weight is 453 g/mol. The number of rotatable bonds is 2. The van der Waals surface area contributed by atoms with Gasteiger partial charge in [0.25, 0.3) is 5.91 Å². The number of carbonyl (C=O) groups is 2. The summed E-state index contributed by atoms with van der Waals surface area (Å²) in [5.41, 5.74) is 2.18. The van der Waals surface area contributed by atoms with Crippen LogP contribution in [0.1, 0.15) is 36.6 Å². The van der Waals surface area contributed by atoms with Crippen LogP contribution < -0.4 is 4.90 Å². The van der Waals surface area contributed by atoms with Crippen LogP contribution in [0.5, 0.6) is 0 Å². The molecule has 1 aromatic heterocycles. The van der Waals surface area contributed by atoms with Crippen LogP contribution in [0.25, 0.3) is 0 Å². The summed E-state index contributed by atoms with van der Waals surface area (Å²) in [6, 6.07) is 14.7. The number of amides is 1. The second-order valence-electron chi connectivity index (χ2n) is 7.91. The fourth-order valence-corrected chi connectivity index (χ4v) is 5.33. The van der Waals surface area contributed by atoms with E-state index in [1.54, 1.807) is 4.90 Å². The van der Waals surface area contributed by atoms with Crippen LogP contribution in [0.2, 0.25) is 0 Å². The molecule has 5 rings (SSSR count). The minimum Gasteiger partial charge on any atom is -0.483 e. The monoisotopic (exact) mass is 452 g/mol. The number of pyridine rings is 1. The fourth-order valence-electron chi connectivity index (χ4n) is 4.67. The van der Waals surface area contributed by atoms with Crippen LogP contribution in [-0.4, -0.2) is 27.6 Å². The molecule has 1 aromatic carbocycles. The van der Waals surface area contributed by atoms with E-state index in [2.05, 4.69) is 20.9 Å². The third kappa shape index (κ3) is 3.01. The molecule has 1 saturated carbocycles. The number of ether oxygens (including phenoxy) is 1. The van der Waals surface area contributed by atoms with E-state index in [9.17, 15) is 9.59 Å². The molecular weight excluding hydrogens is 432 g/mol. The molecule has 5 nitrogen and oxygen atoms in total. The van der Waals surface area contributed by atoms with E-state index in [-0.39, 0.29) is 29.5 Å². The van der Waals surface area contributed by atoms with Crippen LogP contribution >= 0.6 is 15.9 Å². The molecule has 2 aliphatic heterocycles. The van der Waals surface area contributed by atoms with Crippen molar-refractivity contribution >= 4 is 33.4 Å². The third-order valence-corrected chi connectivity index (χ3v) is 6.85. The Morgan fingerprint density at radius 3 is 2.62 bits per heavy atom. The number of anilines is 1. The number of ketones is 1. The highest BCUT2D eigenvalue weighted by molar-refractivity contribution is 9.09. The quantitative estimate of drug-likeness (QED) is 0.638. The first kappa shape index (κ1) is 18.6. The van der Waals surface area contributed by atoms with Crippen LogP contribution in [0.3, 0.4) is 0 Å². The van der Waals surface area contributed by atoms with Crippen molar-refractivity contribution in [3.8, 4) is 0 Å². The Morgan fingerprint density at radius 1 is 1.07 bits per heavy atom. The number of alkyl halides is 1. The lowest BCUT2D eigenvalue weighted by molar-refractivity contribution is -0.131. The van der Waals surface area contributed by atoms with Gasteiger partial charge < -0.3 is 4.74 Å². The number of halogens is 1. The highest BCUT2D eigenvalue weighted by Crippen LogP contribution is 2.48. The Morgan fingerprint density at radius 2 is 1.86 bits per heavy atom. The van der Waals surface area contributed by atoms with Crippen molar-refractivity contribution in [2.75, 3.05) is 4.90 Å². The third-order valence-electron chi connectivity index (χ3n) is 6.02. The predicted molar refractivity (Wildman–Crippen MR) is 113 cm³/mol. The van der Waals surface area contributed by atoms with Gasteiger partial charge >= 0.3 is 0 Å². The number of hydrogen-bond acceptors (Lipinski definition) is 4. The number of aryl methyl sites for hydroxylation is 1. The van der Waals surface area contributed by atoms with Crippen molar-refractivity contribution in [3.63, 3.8) is 0 Å². The van der Waals surface area contributed by atoms with Crippen LogP contribution in [-0.2, 0) is 14.3 Å². The average Bonchev–Trinajstić information content (AvgIpc) is 3.02. The molecule has 4 unspecified atom stereocenters. The van der Waals surface area contributed by atoms with E-state index < -0.39 is 6.04 Å². The first-order valence-corrected chi connectivity index (χ1v) is 10.9. The van der Waals surface area contributed by atoms with Gasteiger partial charge in [0.1, 0.15) is 11.9 Å². The first-order valence-electron chi connectivity index (χ1n) is 9.96. The van der Waals surface area contributed by atoms with E-state index in [0.717, 1.165) is 30.5 Å². The lowest BCUT2D eigenvalue weighted by atomic mass is 9.77. The molecule has 0 saturated heterocycles. The van der Waals surface area contributed by atoms with Gasteiger partial charge in [-0.25, -0.2) is 4.98 Å². The van der Waals surface area contributed by atoms with Crippen LogP contribution in [0.4, 0.5) is 5.82 Å². The summed E-state index contributed by atoms with van der Waals surface area (Å²) < 4.78 is 6.20. The van der Waals surface area contributed by atoms with Crippen molar-refractivity contribution < 1.29 is 14.3 Å². The van der Waals surface area contributed by atoms with Gasteiger partial charge in [0, 0.05) is 10.5 Å². The Kier molecular flexibility index (Phi) is 4.54. The minimum absolute atomic E-state index is 0.0396. The summed E-state index contributed by atoms with van der Waals surface area (Å²) in [5, 5.41) is 0. The van der Waals surface area contributed by atoms with Gasteiger partial charge in [-0.15, -0.1) is 0 Å². The summed E-state index contributed by atoms with van der Waals surface area (Å²) in [7, 11) is 0. The molecule has 0 bridgehead atoms. The first-order chi connectivity index (χ1) is 14.0. The number of benzene rings is 1. The van der Waals surface area contributed by atoms with Crippen molar-refractivity contribution in [2.24, 2.45) is 5.92 Å². The topological polar surface area (TPSA) is 59.5 Å². The summed E-state index contributed by atoms with van der Waals surface area (Å²) in [6.07, 6.45) is 2.23. The van der Waals surface area contributed by atoms with Gasteiger partial charge in [0.2, 0.25) is 0 Å². The normalized spacial score (nSPS) is 28.8. The molecule has 6 heteroatoms. The second kappa shape index (κ2) is 7.10. The predicted octanol–water partition coefficient (Wildman–Crippen LogP) is 4.26. The molecule has 148 valence electrons. The lowest BCUT2D eigenvalue weighted by Crippen LogP contribution is -2.41. The SMILES string of the molecule is Cc1cccc(N2C(=O)C3=C(C(=O)C4CC(Br)CCC4O3)C2c2ccccc2)n1. The lowest BCUT2D eigenvalue weighted by Gasteiger charge is -2.37.